The monoisotopic (exact) mass is 337 g/mol. The Morgan fingerprint density at radius 1 is 1.30 bits per heavy atom. The average Bonchev–Trinajstić information content (AvgIpc) is 2.98. The molecule has 0 saturated carbocycles. The van der Waals surface area contributed by atoms with Gasteiger partial charge in [-0.2, -0.15) is 4.31 Å². The van der Waals surface area contributed by atoms with Crippen LogP contribution in [0.4, 0.5) is 5.69 Å². The molecule has 0 bridgehead atoms. The average molecular weight is 337 g/mol. The summed E-state index contributed by atoms with van der Waals surface area (Å²) < 4.78 is 27.4. The summed E-state index contributed by atoms with van der Waals surface area (Å²) in [7, 11) is -1.66. The molecule has 0 spiro atoms. The molecule has 1 aromatic rings. The van der Waals surface area contributed by atoms with Crippen LogP contribution in [0.15, 0.2) is 23.1 Å². The second-order valence-corrected chi connectivity index (χ2v) is 8.14. The molecule has 7 heteroatoms. The number of carbonyl (C=O) groups is 1. The molecule has 1 N–H and O–H groups in total. The van der Waals surface area contributed by atoms with E-state index in [4.69, 9.17) is 0 Å². The van der Waals surface area contributed by atoms with Crippen molar-refractivity contribution in [3.05, 3.63) is 23.8 Å². The van der Waals surface area contributed by atoms with Crippen molar-refractivity contribution in [1.29, 1.82) is 0 Å². The maximum Gasteiger partial charge on any atom is 0.243 e. The summed E-state index contributed by atoms with van der Waals surface area (Å²) >= 11 is 0. The number of carbonyl (C=O) groups excluding carboxylic acids is 1. The number of rotatable bonds is 3. The summed E-state index contributed by atoms with van der Waals surface area (Å²) in [6.07, 6.45) is 2.63. The Kier molecular flexibility index (Phi) is 4.44. The molecule has 126 valence electrons. The molecule has 2 heterocycles. The summed E-state index contributed by atoms with van der Waals surface area (Å²) in [4.78, 5) is 13.6. The van der Waals surface area contributed by atoms with Crippen molar-refractivity contribution in [1.82, 2.24) is 9.62 Å². The highest BCUT2D eigenvalue weighted by molar-refractivity contribution is 7.89. The summed E-state index contributed by atoms with van der Waals surface area (Å²) in [5.41, 5.74) is 1.77. The first-order valence-corrected chi connectivity index (χ1v) is 9.46. The van der Waals surface area contributed by atoms with Gasteiger partial charge >= 0.3 is 0 Å². The number of anilines is 1. The number of fused-ring (bicyclic) bond motifs is 1. The van der Waals surface area contributed by atoms with E-state index in [1.165, 1.54) is 6.92 Å². The highest BCUT2D eigenvalue weighted by Gasteiger charge is 2.31. The number of nitrogens with zero attached hydrogens (tertiary/aromatic N) is 2. The van der Waals surface area contributed by atoms with Gasteiger partial charge in [-0.3, -0.25) is 4.79 Å². The SMILES string of the molecule is CNC1CCCN(S(=O)(=O)c2ccc3c(c2)N(C(C)=O)CC3)C1. The normalized spacial score (nSPS) is 22.2. The van der Waals surface area contributed by atoms with Crippen molar-refractivity contribution < 1.29 is 13.2 Å². The minimum atomic E-state index is -3.52. The summed E-state index contributed by atoms with van der Waals surface area (Å²) in [6, 6.07) is 5.36. The zero-order valence-corrected chi connectivity index (χ0v) is 14.4. The molecule has 3 rings (SSSR count). The van der Waals surface area contributed by atoms with Crippen molar-refractivity contribution >= 4 is 21.6 Å². The molecule has 0 aliphatic carbocycles. The van der Waals surface area contributed by atoms with E-state index in [9.17, 15) is 13.2 Å². The van der Waals surface area contributed by atoms with Crippen molar-refractivity contribution in [2.24, 2.45) is 0 Å². The molecule has 0 aromatic heterocycles. The first-order chi connectivity index (χ1) is 10.9. The van der Waals surface area contributed by atoms with Crippen LogP contribution < -0.4 is 10.2 Å². The molecule has 0 radical (unpaired) electrons. The number of piperidine rings is 1. The predicted octanol–water partition coefficient (Wildman–Crippen LogP) is 0.968. The van der Waals surface area contributed by atoms with Crippen LogP contribution in [-0.4, -0.2) is 51.4 Å². The number of hydrogen-bond acceptors (Lipinski definition) is 4. The van der Waals surface area contributed by atoms with Gasteiger partial charge in [-0.1, -0.05) is 6.07 Å². The number of likely N-dealkylation sites (N-methyl/N-ethyl adjacent to an activating group) is 1. The van der Waals surface area contributed by atoms with Crippen LogP contribution >= 0.6 is 0 Å². The third-order valence-electron chi connectivity index (χ3n) is 4.76. The Labute approximate surface area is 137 Å². The van der Waals surface area contributed by atoms with Gasteiger partial charge in [0.1, 0.15) is 0 Å². The fraction of sp³-hybridized carbons (Fsp3) is 0.562. The van der Waals surface area contributed by atoms with Gasteiger partial charge in [0.2, 0.25) is 15.9 Å². The van der Waals surface area contributed by atoms with E-state index < -0.39 is 10.0 Å². The van der Waals surface area contributed by atoms with Crippen LogP contribution in [0.25, 0.3) is 0 Å². The quantitative estimate of drug-likeness (QED) is 0.892. The topological polar surface area (TPSA) is 69.7 Å². The van der Waals surface area contributed by atoms with E-state index in [1.807, 2.05) is 13.1 Å². The maximum atomic E-state index is 12.9. The zero-order valence-electron chi connectivity index (χ0n) is 13.6. The van der Waals surface area contributed by atoms with E-state index in [0.29, 0.717) is 19.6 Å². The molecule has 1 atom stereocenters. The lowest BCUT2D eigenvalue weighted by molar-refractivity contribution is -0.116. The van der Waals surface area contributed by atoms with Gasteiger partial charge in [0.05, 0.1) is 4.90 Å². The van der Waals surface area contributed by atoms with Crippen molar-refractivity contribution in [3.8, 4) is 0 Å². The van der Waals surface area contributed by atoms with Gasteiger partial charge in [-0.25, -0.2) is 8.42 Å². The van der Waals surface area contributed by atoms with Crippen LogP contribution in [-0.2, 0) is 21.2 Å². The molecule has 1 saturated heterocycles. The lowest BCUT2D eigenvalue weighted by Crippen LogP contribution is -2.46. The van der Waals surface area contributed by atoms with Crippen molar-refractivity contribution in [2.45, 2.75) is 37.1 Å². The summed E-state index contributed by atoms with van der Waals surface area (Å²) in [5.74, 6) is -0.0495. The Morgan fingerprint density at radius 2 is 2.09 bits per heavy atom. The molecule has 2 aliphatic heterocycles. The van der Waals surface area contributed by atoms with E-state index >= 15 is 0 Å². The number of amides is 1. The Hall–Kier alpha value is -1.44. The lowest BCUT2D eigenvalue weighted by Gasteiger charge is -2.31. The van der Waals surface area contributed by atoms with Gasteiger partial charge in [0.15, 0.2) is 0 Å². The van der Waals surface area contributed by atoms with Gasteiger partial charge in [-0.05, 0) is 44.0 Å². The third-order valence-corrected chi connectivity index (χ3v) is 6.62. The van der Waals surface area contributed by atoms with Crippen LogP contribution in [0.3, 0.4) is 0 Å². The molecule has 1 amide bonds. The maximum absolute atomic E-state index is 12.9. The molecular weight excluding hydrogens is 314 g/mol. The van der Waals surface area contributed by atoms with E-state index in [2.05, 4.69) is 5.32 Å². The number of benzene rings is 1. The molecule has 23 heavy (non-hydrogen) atoms. The highest BCUT2D eigenvalue weighted by Crippen LogP contribution is 2.32. The molecule has 1 unspecified atom stereocenters. The summed E-state index contributed by atoms with van der Waals surface area (Å²) in [6.45, 7) is 3.18. The van der Waals surface area contributed by atoms with Gasteiger partial charge < -0.3 is 10.2 Å². The highest BCUT2D eigenvalue weighted by atomic mass is 32.2. The Balaban J connectivity index is 1.92. The predicted molar refractivity (Wildman–Crippen MR) is 89.0 cm³/mol. The smallest absolute Gasteiger partial charge is 0.243 e. The fourth-order valence-electron chi connectivity index (χ4n) is 3.39. The molecule has 6 nitrogen and oxygen atoms in total. The molecule has 1 aromatic carbocycles. The fourth-order valence-corrected chi connectivity index (χ4v) is 4.94. The van der Waals surface area contributed by atoms with E-state index in [-0.39, 0.29) is 16.8 Å². The van der Waals surface area contributed by atoms with Gasteiger partial charge in [0, 0.05) is 38.3 Å². The second-order valence-electron chi connectivity index (χ2n) is 6.20. The number of hydrogen-bond donors (Lipinski definition) is 1. The summed E-state index contributed by atoms with van der Waals surface area (Å²) in [5, 5.41) is 3.16. The number of sulfonamides is 1. The Morgan fingerprint density at radius 3 is 2.78 bits per heavy atom. The zero-order chi connectivity index (χ0) is 16.6. The first kappa shape index (κ1) is 16.4. The van der Waals surface area contributed by atoms with Crippen molar-refractivity contribution in [2.75, 3.05) is 31.6 Å². The van der Waals surface area contributed by atoms with E-state index in [1.54, 1.807) is 21.3 Å². The van der Waals surface area contributed by atoms with Crippen LogP contribution in [0, 0.1) is 0 Å². The standard InChI is InChI=1S/C16H23N3O3S/c1-12(20)19-9-7-13-5-6-15(10-16(13)19)23(21,22)18-8-3-4-14(11-18)17-2/h5-6,10,14,17H,3-4,7-9,11H2,1-2H3. The largest absolute Gasteiger partial charge is 0.316 e. The van der Waals surface area contributed by atoms with E-state index in [0.717, 1.165) is 30.5 Å². The lowest BCUT2D eigenvalue weighted by atomic mass is 10.1. The van der Waals surface area contributed by atoms with Crippen LogP contribution in [0.1, 0.15) is 25.3 Å². The third kappa shape index (κ3) is 3.00. The number of nitrogens with one attached hydrogen (secondary N) is 1. The molecular formula is C16H23N3O3S. The van der Waals surface area contributed by atoms with Crippen molar-refractivity contribution in [3.63, 3.8) is 0 Å². The first-order valence-electron chi connectivity index (χ1n) is 8.02. The molecule has 2 aliphatic rings. The molecule has 1 fully saturated rings. The van der Waals surface area contributed by atoms with Crippen LogP contribution in [0.5, 0.6) is 0 Å². The van der Waals surface area contributed by atoms with Gasteiger partial charge in [0.25, 0.3) is 0 Å². The minimum Gasteiger partial charge on any atom is -0.316 e. The minimum absolute atomic E-state index is 0.0495. The Bertz CT molecular complexity index is 717. The second kappa shape index (κ2) is 6.22. The van der Waals surface area contributed by atoms with Crippen LogP contribution in [0.2, 0.25) is 0 Å². The van der Waals surface area contributed by atoms with Gasteiger partial charge in [-0.15, -0.1) is 0 Å².